The van der Waals surface area contributed by atoms with E-state index in [1.165, 1.54) is 0 Å². The Morgan fingerprint density at radius 1 is 1.43 bits per heavy atom. The minimum atomic E-state index is -0.459. The van der Waals surface area contributed by atoms with Crippen LogP contribution in [0, 0.1) is 12.3 Å². The number of esters is 1. The van der Waals surface area contributed by atoms with E-state index in [4.69, 9.17) is 6.42 Å². The minimum absolute atomic E-state index is 0.129. The maximum absolute atomic E-state index is 10.9. The summed E-state index contributed by atoms with van der Waals surface area (Å²) in [5, 5.41) is 4.81. The smallest absolute Gasteiger partial charge is 0.325 e. The highest BCUT2D eigenvalue weighted by Crippen LogP contribution is 1.76. The van der Waals surface area contributed by atoms with Crippen LogP contribution in [0.3, 0.4) is 0 Å². The van der Waals surface area contributed by atoms with Crippen molar-refractivity contribution in [3.63, 3.8) is 0 Å². The Morgan fingerprint density at radius 2 is 2.14 bits per heavy atom. The summed E-state index contributed by atoms with van der Waals surface area (Å²) in [5.74, 6) is 1.92. The van der Waals surface area contributed by atoms with Crippen LogP contribution in [-0.4, -0.2) is 31.7 Å². The van der Waals surface area contributed by atoms with E-state index in [1.807, 2.05) is 0 Å². The molecule has 2 N–H and O–H groups in total. The first-order valence-corrected chi connectivity index (χ1v) is 4.31. The highest BCUT2D eigenvalue weighted by molar-refractivity contribution is 5.80. The molecule has 0 aromatic rings. The summed E-state index contributed by atoms with van der Waals surface area (Å²) in [7, 11) is 0. The van der Waals surface area contributed by atoms with Gasteiger partial charge in [0, 0.05) is 13.0 Å². The van der Waals surface area contributed by atoms with E-state index in [9.17, 15) is 9.59 Å². The van der Waals surface area contributed by atoms with E-state index >= 15 is 0 Å². The number of carbonyl (C=O) groups is 2. The van der Waals surface area contributed by atoms with Crippen molar-refractivity contribution in [3.8, 4) is 12.3 Å². The number of urea groups is 1. The molecule has 0 aliphatic carbocycles. The van der Waals surface area contributed by atoms with Gasteiger partial charge in [0.05, 0.1) is 6.61 Å². The molecular formula is C9H14N2O3. The lowest BCUT2D eigenvalue weighted by Crippen LogP contribution is -2.39. The Hall–Kier alpha value is -1.70. The summed E-state index contributed by atoms with van der Waals surface area (Å²) in [5.41, 5.74) is 0. The maximum atomic E-state index is 10.9. The van der Waals surface area contributed by atoms with Gasteiger partial charge < -0.3 is 15.4 Å². The largest absolute Gasteiger partial charge is 0.465 e. The molecule has 0 fully saturated rings. The molecular weight excluding hydrogens is 184 g/mol. The topological polar surface area (TPSA) is 67.4 Å². The molecule has 5 nitrogen and oxygen atoms in total. The van der Waals surface area contributed by atoms with E-state index in [0.717, 1.165) is 0 Å². The van der Waals surface area contributed by atoms with Crippen LogP contribution in [0.5, 0.6) is 0 Å². The lowest BCUT2D eigenvalue weighted by atomic mass is 10.4. The number of hydrogen-bond donors (Lipinski definition) is 2. The first-order chi connectivity index (χ1) is 6.70. The van der Waals surface area contributed by atoms with Crippen molar-refractivity contribution in [2.45, 2.75) is 13.3 Å². The van der Waals surface area contributed by atoms with Crippen molar-refractivity contribution < 1.29 is 14.3 Å². The zero-order valence-corrected chi connectivity index (χ0v) is 8.13. The zero-order valence-electron chi connectivity index (χ0n) is 8.13. The van der Waals surface area contributed by atoms with Crippen molar-refractivity contribution in [2.24, 2.45) is 0 Å². The van der Waals surface area contributed by atoms with Gasteiger partial charge in [-0.2, -0.15) is 0 Å². The summed E-state index contributed by atoms with van der Waals surface area (Å²) < 4.78 is 4.60. The van der Waals surface area contributed by atoms with Crippen LogP contribution in [0.15, 0.2) is 0 Å². The van der Waals surface area contributed by atoms with Crippen LogP contribution in [0.2, 0.25) is 0 Å². The van der Waals surface area contributed by atoms with Gasteiger partial charge in [0.2, 0.25) is 0 Å². The van der Waals surface area contributed by atoms with Crippen molar-refractivity contribution in [1.29, 1.82) is 0 Å². The highest BCUT2D eigenvalue weighted by atomic mass is 16.5. The summed E-state index contributed by atoms with van der Waals surface area (Å²) in [4.78, 5) is 21.7. The third-order valence-corrected chi connectivity index (χ3v) is 1.25. The Kier molecular flexibility index (Phi) is 6.96. The van der Waals surface area contributed by atoms with Gasteiger partial charge >= 0.3 is 12.0 Å². The second kappa shape index (κ2) is 7.92. The molecule has 0 atom stereocenters. The van der Waals surface area contributed by atoms with E-state index < -0.39 is 12.0 Å². The van der Waals surface area contributed by atoms with E-state index in [2.05, 4.69) is 21.3 Å². The first kappa shape index (κ1) is 12.3. The number of hydrogen-bond acceptors (Lipinski definition) is 3. The summed E-state index contributed by atoms with van der Waals surface area (Å²) in [6, 6.07) is -0.423. The van der Waals surface area contributed by atoms with Crippen LogP contribution in [0.25, 0.3) is 0 Å². The van der Waals surface area contributed by atoms with Crippen molar-refractivity contribution >= 4 is 12.0 Å². The summed E-state index contributed by atoms with van der Waals surface area (Å²) >= 11 is 0. The molecule has 0 rings (SSSR count). The van der Waals surface area contributed by atoms with E-state index in [1.54, 1.807) is 6.92 Å². The second-order valence-corrected chi connectivity index (χ2v) is 2.37. The Morgan fingerprint density at radius 3 is 2.71 bits per heavy atom. The number of ether oxygens (including phenoxy) is 1. The SMILES string of the molecule is C#CCCNC(=O)NCC(=O)OCC. The monoisotopic (exact) mass is 198 g/mol. The van der Waals surface area contributed by atoms with E-state index in [-0.39, 0.29) is 6.54 Å². The molecule has 0 aromatic heterocycles. The van der Waals surface area contributed by atoms with Gasteiger partial charge in [-0.1, -0.05) is 0 Å². The first-order valence-electron chi connectivity index (χ1n) is 4.31. The second-order valence-electron chi connectivity index (χ2n) is 2.37. The maximum Gasteiger partial charge on any atom is 0.325 e. The Bertz CT molecular complexity index is 233. The van der Waals surface area contributed by atoms with Crippen molar-refractivity contribution in [3.05, 3.63) is 0 Å². The molecule has 0 aliphatic heterocycles. The highest BCUT2D eigenvalue weighted by Gasteiger charge is 2.03. The lowest BCUT2D eigenvalue weighted by Gasteiger charge is -2.05. The van der Waals surface area contributed by atoms with Gasteiger partial charge in [0.15, 0.2) is 0 Å². The van der Waals surface area contributed by atoms with Crippen LogP contribution >= 0.6 is 0 Å². The molecule has 0 unspecified atom stereocenters. The van der Waals surface area contributed by atoms with Gasteiger partial charge in [-0.3, -0.25) is 4.79 Å². The number of terminal acetylenes is 1. The van der Waals surface area contributed by atoms with Crippen molar-refractivity contribution in [1.82, 2.24) is 10.6 Å². The molecule has 0 radical (unpaired) electrons. The quantitative estimate of drug-likeness (QED) is 0.367. The molecule has 0 spiro atoms. The van der Waals surface area contributed by atoms with Crippen LogP contribution in [-0.2, 0) is 9.53 Å². The minimum Gasteiger partial charge on any atom is -0.465 e. The average Bonchev–Trinajstić information content (AvgIpc) is 2.16. The van der Waals surface area contributed by atoms with Crippen molar-refractivity contribution in [2.75, 3.05) is 19.7 Å². The van der Waals surface area contributed by atoms with Gasteiger partial charge in [0.1, 0.15) is 6.54 Å². The summed E-state index contributed by atoms with van der Waals surface area (Å²) in [6.45, 7) is 2.27. The molecule has 5 heteroatoms. The fourth-order valence-electron chi connectivity index (χ4n) is 0.675. The van der Waals surface area contributed by atoms with Crippen LogP contribution < -0.4 is 10.6 Å². The third kappa shape index (κ3) is 6.98. The van der Waals surface area contributed by atoms with Crippen LogP contribution in [0.4, 0.5) is 4.79 Å². The van der Waals surface area contributed by atoms with Crippen LogP contribution in [0.1, 0.15) is 13.3 Å². The fourth-order valence-corrected chi connectivity index (χ4v) is 0.675. The molecule has 0 aliphatic rings. The molecule has 78 valence electrons. The van der Waals surface area contributed by atoms with Gasteiger partial charge in [-0.25, -0.2) is 4.79 Å². The lowest BCUT2D eigenvalue weighted by molar-refractivity contribution is -0.141. The Labute approximate surface area is 83.2 Å². The third-order valence-electron chi connectivity index (χ3n) is 1.25. The molecule has 0 aromatic carbocycles. The molecule has 0 saturated carbocycles. The molecule has 0 saturated heterocycles. The number of amides is 2. The fraction of sp³-hybridized carbons (Fsp3) is 0.556. The predicted molar refractivity (Wildman–Crippen MR) is 51.5 cm³/mol. The number of carbonyl (C=O) groups excluding carboxylic acids is 2. The number of nitrogens with one attached hydrogen (secondary N) is 2. The predicted octanol–water partition coefficient (Wildman–Crippen LogP) is -0.128. The summed E-state index contributed by atoms with van der Waals surface area (Å²) in [6.07, 6.45) is 5.45. The van der Waals surface area contributed by atoms with Gasteiger partial charge in [0.25, 0.3) is 0 Å². The van der Waals surface area contributed by atoms with Gasteiger partial charge in [-0.05, 0) is 6.92 Å². The van der Waals surface area contributed by atoms with E-state index in [0.29, 0.717) is 19.6 Å². The normalized spacial score (nSPS) is 8.57. The zero-order chi connectivity index (χ0) is 10.8. The Balaban J connectivity index is 3.44. The molecule has 0 bridgehead atoms. The van der Waals surface area contributed by atoms with Gasteiger partial charge in [-0.15, -0.1) is 12.3 Å². The molecule has 2 amide bonds. The molecule has 0 heterocycles. The molecule has 14 heavy (non-hydrogen) atoms. The average molecular weight is 198 g/mol. The number of rotatable bonds is 5. The standard InChI is InChI=1S/C9H14N2O3/c1-3-5-6-10-9(13)11-7-8(12)14-4-2/h1H,4-7H2,2H3,(H2,10,11,13).